The number of hydrogen-bond acceptors (Lipinski definition) is 6. The third kappa shape index (κ3) is 8.55. The summed E-state index contributed by atoms with van der Waals surface area (Å²) in [6.07, 6.45) is 2.80. The number of piperidine rings is 1. The number of amides is 3. The quantitative estimate of drug-likeness (QED) is 0.153. The fourth-order valence-electron chi connectivity index (χ4n) is 6.22. The van der Waals surface area contributed by atoms with Crippen LogP contribution in [0.15, 0.2) is 84.9 Å². The van der Waals surface area contributed by atoms with E-state index in [0.717, 1.165) is 66.4 Å². The lowest BCUT2D eigenvalue weighted by Crippen LogP contribution is -2.38. The van der Waals surface area contributed by atoms with Crippen LogP contribution in [0, 0.1) is 26.7 Å². The Kier molecular flexibility index (Phi) is 9.99. The van der Waals surface area contributed by atoms with Crippen LogP contribution in [0.2, 0.25) is 0 Å². The van der Waals surface area contributed by atoms with Gasteiger partial charge in [-0.3, -0.25) is 10.1 Å². The predicted molar refractivity (Wildman–Crippen MR) is 200 cm³/mol. The second kappa shape index (κ2) is 14.5. The van der Waals surface area contributed by atoms with E-state index in [2.05, 4.69) is 58.8 Å². The van der Waals surface area contributed by atoms with Crippen LogP contribution in [0.1, 0.15) is 72.2 Å². The van der Waals surface area contributed by atoms with E-state index in [9.17, 15) is 9.59 Å². The Morgan fingerprint density at radius 1 is 0.800 bits per heavy atom. The Labute approximate surface area is 294 Å². The minimum Gasteiger partial charge on any atom is -0.339 e. The summed E-state index contributed by atoms with van der Waals surface area (Å²) >= 11 is 0. The molecule has 1 aliphatic heterocycles. The van der Waals surface area contributed by atoms with Crippen LogP contribution >= 0.6 is 0 Å². The lowest BCUT2D eigenvalue weighted by molar-refractivity contribution is 0.0690. The van der Waals surface area contributed by atoms with E-state index in [1.165, 1.54) is 5.56 Å². The first kappa shape index (κ1) is 34.4. The number of carbonyl (C=O) groups is 2. The fourth-order valence-corrected chi connectivity index (χ4v) is 6.22. The van der Waals surface area contributed by atoms with Gasteiger partial charge in [-0.25, -0.2) is 19.4 Å². The fraction of sp³-hybridized carbons (Fsp3) is 0.325. The van der Waals surface area contributed by atoms with Gasteiger partial charge in [-0.05, 0) is 100 Å². The number of benzene rings is 3. The molecule has 1 aliphatic rings. The third-order valence-electron chi connectivity index (χ3n) is 8.98. The van der Waals surface area contributed by atoms with Gasteiger partial charge in [0.25, 0.3) is 5.91 Å². The Balaban J connectivity index is 1.01. The molecule has 10 nitrogen and oxygen atoms in total. The molecule has 0 atom stereocenters. The summed E-state index contributed by atoms with van der Waals surface area (Å²) in [7, 11) is 0. The molecular weight excluding hydrogens is 624 g/mol. The van der Waals surface area contributed by atoms with E-state index in [4.69, 9.17) is 5.10 Å². The minimum absolute atomic E-state index is 0.0405. The molecule has 3 aromatic carbocycles. The number of nitrogens with zero attached hydrogens (tertiary/aromatic N) is 5. The zero-order valence-electron chi connectivity index (χ0n) is 29.7. The molecule has 0 bridgehead atoms. The first-order chi connectivity index (χ1) is 23.9. The first-order valence-corrected chi connectivity index (χ1v) is 17.2. The van der Waals surface area contributed by atoms with Crippen molar-refractivity contribution >= 4 is 35.1 Å². The zero-order chi connectivity index (χ0) is 35.4. The molecule has 0 saturated carbocycles. The number of rotatable bonds is 8. The number of aromatic nitrogens is 4. The van der Waals surface area contributed by atoms with Gasteiger partial charge < -0.3 is 15.5 Å². The second-order valence-corrected chi connectivity index (χ2v) is 14.3. The Bertz CT molecular complexity index is 1950. The summed E-state index contributed by atoms with van der Waals surface area (Å²) in [4.78, 5) is 37.3. The lowest BCUT2D eigenvalue weighted by atomic mass is 9.90. The molecule has 2 aromatic heterocycles. The van der Waals surface area contributed by atoms with Crippen molar-refractivity contribution < 1.29 is 9.59 Å². The largest absolute Gasteiger partial charge is 0.339 e. The predicted octanol–water partition coefficient (Wildman–Crippen LogP) is 8.37. The lowest BCUT2D eigenvalue weighted by Gasteiger charge is -2.32. The molecular formula is C40H46N8O2. The Morgan fingerprint density at radius 2 is 1.48 bits per heavy atom. The SMILES string of the molecule is Cc1ccc(-n2nc(C(C)(C)C)cc2NC(=O)Nc2ccc(CC3CCN(C(=O)c4cccc(Nc5nc(C)cc(C)n5)c4)CC3)cc2)cc1. The molecule has 10 heteroatoms. The van der Waals surface area contributed by atoms with Crippen molar-refractivity contribution in [3.8, 4) is 5.69 Å². The highest BCUT2D eigenvalue weighted by atomic mass is 16.2. The number of urea groups is 1. The van der Waals surface area contributed by atoms with Crippen LogP contribution in [-0.2, 0) is 11.8 Å². The number of likely N-dealkylation sites (tertiary alicyclic amines) is 1. The summed E-state index contributed by atoms with van der Waals surface area (Å²) in [6.45, 7) is 13.7. The zero-order valence-corrected chi connectivity index (χ0v) is 29.7. The van der Waals surface area contributed by atoms with Gasteiger partial charge in [-0.15, -0.1) is 0 Å². The van der Waals surface area contributed by atoms with Gasteiger partial charge in [-0.1, -0.05) is 56.7 Å². The summed E-state index contributed by atoms with van der Waals surface area (Å²) in [6, 6.07) is 27.1. The van der Waals surface area contributed by atoms with E-state index in [1.807, 2.05) is 98.5 Å². The van der Waals surface area contributed by atoms with Crippen molar-refractivity contribution in [2.75, 3.05) is 29.0 Å². The van der Waals surface area contributed by atoms with Crippen LogP contribution in [-0.4, -0.2) is 49.7 Å². The highest BCUT2D eigenvalue weighted by molar-refractivity contribution is 5.99. The van der Waals surface area contributed by atoms with Crippen molar-refractivity contribution in [2.45, 2.75) is 66.2 Å². The van der Waals surface area contributed by atoms with E-state index >= 15 is 0 Å². The standard InChI is InChI=1S/C40H46N8O2/c1-26-10-16-34(17-11-26)48-36(25-35(46-48)40(4,5)6)45-39(50)44-32-14-12-29(13-15-32)23-30-18-20-47(21-19-30)37(49)31-8-7-9-33(24-31)43-38-41-27(2)22-28(3)42-38/h7-17,22,24-25,30H,18-21,23H2,1-6H3,(H,41,42,43)(H2,44,45,50). The molecule has 1 saturated heterocycles. The van der Waals surface area contributed by atoms with Gasteiger partial charge >= 0.3 is 6.03 Å². The van der Waals surface area contributed by atoms with Crippen molar-refractivity contribution in [3.05, 3.63) is 119 Å². The van der Waals surface area contributed by atoms with Crippen LogP contribution in [0.4, 0.5) is 27.9 Å². The summed E-state index contributed by atoms with van der Waals surface area (Å²) in [5, 5.41) is 14.0. The molecule has 0 aliphatic carbocycles. The number of nitrogens with one attached hydrogen (secondary N) is 3. The van der Waals surface area contributed by atoms with E-state index in [-0.39, 0.29) is 17.4 Å². The van der Waals surface area contributed by atoms with E-state index in [1.54, 1.807) is 4.68 Å². The number of carbonyl (C=O) groups excluding carboxylic acids is 2. The van der Waals surface area contributed by atoms with Crippen LogP contribution in [0.3, 0.4) is 0 Å². The van der Waals surface area contributed by atoms with Crippen molar-refractivity contribution in [1.29, 1.82) is 0 Å². The molecule has 0 spiro atoms. The van der Waals surface area contributed by atoms with Crippen molar-refractivity contribution in [3.63, 3.8) is 0 Å². The molecule has 1 fully saturated rings. The third-order valence-corrected chi connectivity index (χ3v) is 8.98. The molecule has 5 aromatic rings. The van der Waals surface area contributed by atoms with E-state index in [0.29, 0.717) is 28.9 Å². The Morgan fingerprint density at radius 3 is 2.14 bits per heavy atom. The summed E-state index contributed by atoms with van der Waals surface area (Å²) in [5.41, 5.74) is 7.89. The van der Waals surface area contributed by atoms with Gasteiger partial charge in [-0.2, -0.15) is 5.10 Å². The molecule has 0 radical (unpaired) electrons. The molecule has 3 heterocycles. The number of hydrogen-bond donors (Lipinski definition) is 3. The summed E-state index contributed by atoms with van der Waals surface area (Å²) in [5.74, 6) is 1.65. The maximum Gasteiger partial charge on any atom is 0.324 e. The van der Waals surface area contributed by atoms with Crippen molar-refractivity contribution in [2.24, 2.45) is 5.92 Å². The van der Waals surface area contributed by atoms with Gasteiger partial charge in [0, 0.05) is 52.9 Å². The van der Waals surface area contributed by atoms with E-state index < -0.39 is 0 Å². The Hall–Kier alpha value is -5.51. The first-order valence-electron chi connectivity index (χ1n) is 17.2. The van der Waals surface area contributed by atoms with Crippen LogP contribution in [0.5, 0.6) is 0 Å². The van der Waals surface area contributed by atoms with Crippen LogP contribution < -0.4 is 16.0 Å². The van der Waals surface area contributed by atoms with Gasteiger partial charge in [0.1, 0.15) is 5.82 Å². The highest BCUT2D eigenvalue weighted by Gasteiger charge is 2.25. The smallest absolute Gasteiger partial charge is 0.324 e. The topological polar surface area (TPSA) is 117 Å². The maximum atomic E-state index is 13.4. The average Bonchev–Trinajstić information content (AvgIpc) is 3.50. The average molecular weight is 671 g/mol. The number of aryl methyl sites for hydroxylation is 3. The van der Waals surface area contributed by atoms with Gasteiger partial charge in [0.05, 0.1) is 11.4 Å². The highest BCUT2D eigenvalue weighted by Crippen LogP contribution is 2.28. The second-order valence-electron chi connectivity index (χ2n) is 14.3. The molecule has 3 N–H and O–H groups in total. The maximum absolute atomic E-state index is 13.4. The summed E-state index contributed by atoms with van der Waals surface area (Å²) < 4.78 is 1.78. The monoisotopic (exact) mass is 670 g/mol. The number of anilines is 4. The molecule has 258 valence electrons. The van der Waals surface area contributed by atoms with Crippen molar-refractivity contribution in [1.82, 2.24) is 24.6 Å². The molecule has 6 rings (SSSR count). The van der Waals surface area contributed by atoms with Crippen LogP contribution in [0.25, 0.3) is 5.69 Å². The molecule has 3 amide bonds. The normalized spacial score (nSPS) is 13.6. The molecule has 50 heavy (non-hydrogen) atoms. The van der Waals surface area contributed by atoms with Gasteiger partial charge in [0.2, 0.25) is 5.95 Å². The molecule has 0 unspecified atom stereocenters. The van der Waals surface area contributed by atoms with Gasteiger partial charge in [0.15, 0.2) is 0 Å². The minimum atomic E-state index is -0.330.